The van der Waals surface area contributed by atoms with Gasteiger partial charge in [-0.05, 0) is 24.6 Å². The van der Waals surface area contributed by atoms with E-state index in [2.05, 4.69) is 21.0 Å². The van der Waals surface area contributed by atoms with E-state index in [1.54, 1.807) is 6.33 Å². The number of nitrogens with two attached hydrogens (primary N) is 1. The number of benzene rings is 1. The van der Waals surface area contributed by atoms with Crippen molar-refractivity contribution in [3.8, 4) is 0 Å². The number of nitrogen functional groups attached to an aromatic ring is 1. The van der Waals surface area contributed by atoms with E-state index in [9.17, 15) is 0 Å². The van der Waals surface area contributed by atoms with Gasteiger partial charge in [0.1, 0.15) is 6.33 Å². The molecule has 3 aromatic rings. The van der Waals surface area contributed by atoms with Crippen LogP contribution in [0.15, 0.2) is 24.5 Å². The summed E-state index contributed by atoms with van der Waals surface area (Å²) in [4.78, 5) is 12.4. The second-order valence-corrected chi connectivity index (χ2v) is 3.49. The van der Waals surface area contributed by atoms with Crippen LogP contribution in [0.4, 0.5) is 5.95 Å². The van der Waals surface area contributed by atoms with Crippen molar-refractivity contribution < 1.29 is 0 Å². The van der Waals surface area contributed by atoms with E-state index in [0.717, 1.165) is 11.0 Å². The number of imidazole rings is 1. The normalized spacial score (nSPS) is 11.3. The third-order valence-corrected chi connectivity index (χ3v) is 2.35. The van der Waals surface area contributed by atoms with Crippen LogP contribution in [-0.2, 0) is 0 Å². The minimum absolute atomic E-state index is 0.245. The molecule has 0 spiro atoms. The summed E-state index contributed by atoms with van der Waals surface area (Å²) >= 11 is 0. The molecule has 0 amide bonds. The first kappa shape index (κ1) is 8.16. The number of anilines is 1. The van der Waals surface area contributed by atoms with Gasteiger partial charge < -0.3 is 5.73 Å². The fourth-order valence-electron chi connectivity index (χ4n) is 1.63. The van der Waals surface area contributed by atoms with Crippen LogP contribution in [0.5, 0.6) is 0 Å². The maximum atomic E-state index is 5.50. The van der Waals surface area contributed by atoms with Crippen molar-refractivity contribution in [2.45, 2.75) is 6.92 Å². The molecule has 0 aliphatic carbocycles. The van der Waals surface area contributed by atoms with Gasteiger partial charge >= 0.3 is 0 Å². The van der Waals surface area contributed by atoms with Crippen LogP contribution < -0.4 is 5.73 Å². The molecule has 0 atom stereocenters. The van der Waals surface area contributed by atoms with Crippen molar-refractivity contribution >= 4 is 22.8 Å². The third kappa shape index (κ3) is 1.13. The van der Waals surface area contributed by atoms with E-state index >= 15 is 0 Å². The predicted molar refractivity (Wildman–Crippen MR) is 57.4 cm³/mol. The summed E-state index contributed by atoms with van der Waals surface area (Å²) in [6, 6.07) is 6.04. The average Bonchev–Trinajstić information content (AvgIpc) is 2.54. The van der Waals surface area contributed by atoms with Gasteiger partial charge in [-0.1, -0.05) is 6.07 Å². The van der Waals surface area contributed by atoms with Gasteiger partial charge in [0, 0.05) is 0 Å². The number of hydrogen-bond acceptors (Lipinski definition) is 4. The molecule has 2 N–H and O–H groups in total. The molecule has 0 aliphatic heterocycles. The number of fused-ring (bicyclic) bond motifs is 3. The SMILES string of the molecule is Cc1ccc2nc3nc(N)ncn3c2c1. The molecule has 0 radical (unpaired) electrons. The molecule has 2 aromatic heterocycles. The fraction of sp³-hybridized carbons (Fsp3) is 0.100. The third-order valence-electron chi connectivity index (χ3n) is 2.35. The summed E-state index contributed by atoms with van der Waals surface area (Å²) in [6.45, 7) is 2.04. The van der Waals surface area contributed by atoms with Gasteiger partial charge in [-0.3, -0.25) is 4.40 Å². The van der Waals surface area contributed by atoms with Crippen LogP contribution in [0.25, 0.3) is 16.8 Å². The molecular weight excluding hydrogens is 190 g/mol. The van der Waals surface area contributed by atoms with Crippen molar-refractivity contribution in [1.82, 2.24) is 19.4 Å². The number of aryl methyl sites for hydroxylation is 1. The summed E-state index contributed by atoms with van der Waals surface area (Å²) in [6.07, 6.45) is 1.65. The lowest BCUT2D eigenvalue weighted by Crippen LogP contribution is -1.98. The largest absolute Gasteiger partial charge is 0.368 e. The van der Waals surface area contributed by atoms with Crippen LogP contribution >= 0.6 is 0 Å². The van der Waals surface area contributed by atoms with Crippen molar-refractivity contribution in [1.29, 1.82) is 0 Å². The average molecular weight is 199 g/mol. The summed E-state index contributed by atoms with van der Waals surface area (Å²) in [7, 11) is 0. The Hall–Kier alpha value is -2.17. The van der Waals surface area contributed by atoms with Crippen LogP contribution in [0.1, 0.15) is 5.56 Å². The van der Waals surface area contributed by atoms with Crippen LogP contribution in [0.2, 0.25) is 0 Å². The Labute approximate surface area is 85.6 Å². The van der Waals surface area contributed by atoms with Gasteiger partial charge in [0.15, 0.2) is 0 Å². The Kier molecular flexibility index (Phi) is 1.45. The number of rotatable bonds is 0. The van der Waals surface area contributed by atoms with E-state index in [1.165, 1.54) is 5.56 Å². The molecular formula is C10H9N5. The lowest BCUT2D eigenvalue weighted by Gasteiger charge is -1.95. The Morgan fingerprint density at radius 1 is 1.27 bits per heavy atom. The molecule has 5 nitrogen and oxygen atoms in total. The highest BCUT2D eigenvalue weighted by atomic mass is 15.2. The molecule has 74 valence electrons. The van der Waals surface area contributed by atoms with Crippen LogP contribution in [-0.4, -0.2) is 19.4 Å². The monoisotopic (exact) mass is 199 g/mol. The minimum Gasteiger partial charge on any atom is -0.368 e. The van der Waals surface area contributed by atoms with Crippen LogP contribution in [0.3, 0.4) is 0 Å². The first-order chi connectivity index (χ1) is 7.24. The zero-order valence-electron chi connectivity index (χ0n) is 8.18. The zero-order chi connectivity index (χ0) is 10.4. The van der Waals surface area contributed by atoms with E-state index in [-0.39, 0.29) is 5.95 Å². The lowest BCUT2D eigenvalue weighted by atomic mass is 10.2. The highest BCUT2D eigenvalue weighted by Gasteiger charge is 2.05. The van der Waals surface area contributed by atoms with Crippen molar-refractivity contribution in [2.75, 3.05) is 5.73 Å². The second kappa shape index (κ2) is 2.66. The molecule has 3 rings (SSSR count). The van der Waals surface area contributed by atoms with E-state index in [0.29, 0.717) is 5.78 Å². The number of hydrogen-bond donors (Lipinski definition) is 1. The molecule has 5 heteroatoms. The number of nitrogens with zero attached hydrogens (tertiary/aromatic N) is 4. The smallest absolute Gasteiger partial charge is 0.239 e. The van der Waals surface area contributed by atoms with E-state index in [4.69, 9.17) is 5.73 Å². The molecule has 1 aromatic carbocycles. The quantitative estimate of drug-likeness (QED) is 0.590. The second-order valence-electron chi connectivity index (χ2n) is 3.49. The Bertz CT molecular complexity index is 655. The number of aromatic nitrogens is 4. The highest BCUT2D eigenvalue weighted by Crippen LogP contribution is 2.16. The van der Waals surface area contributed by atoms with Gasteiger partial charge in [0.05, 0.1) is 11.0 Å². The van der Waals surface area contributed by atoms with E-state index < -0.39 is 0 Å². The van der Waals surface area contributed by atoms with Gasteiger partial charge in [-0.25, -0.2) is 9.97 Å². The maximum absolute atomic E-state index is 5.50. The molecule has 15 heavy (non-hydrogen) atoms. The minimum atomic E-state index is 0.245. The Morgan fingerprint density at radius 3 is 3.00 bits per heavy atom. The van der Waals surface area contributed by atoms with Gasteiger partial charge in [0.2, 0.25) is 11.7 Å². The lowest BCUT2D eigenvalue weighted by molar-refractivity contribution is 1.04. The summed E-state index contributed by atoms with van der Waals surface area (Å²) < 4.78 is 1.83. The standard InChI is InChI=1S/C10H9N5/c1-6-2-3-7-8(4-6)15-5-12-9(11)14-10(15)13-7/h2-5H,1H3,(H2,11,13,14). The first-order valence-electron chi connectivity index (χ1n) is 4.61. The molecule has 0 bridgehead atoms. The molecule has 0 saturated heterocycles. The maximum Gasteiger partial charge on any atom is 0.239 e. The predicted octanol–water partition coefficient (Wildman–Crippen LogP) is 1.17. The molecule has 0 saturated carbocycles. The molecule has 0 aliphatic rings. The van der Waals surface area contributed by atoms with Crippen molar-refractivity contribution in [2.24, 2.45) is 0 Å². The van der Waals surface area contributed by atoms with Crippen molar-refractivity contribution in [3.63, 3.8) is 0 Å². The molecule has 0 unspecified atom stereocenters. The topological polar surface area (TPSA) is 69.1 Å². The first-order valence-corrected chi connectivity index (χ1v) is 4.61. The summed E-state index contributed by atoms with van der Waals surface area (Å²) in [5.74, 6) is 0.831. The van der Waals surface area contributed by atoms with Gasteiger partial charge in [-0.2, -0.15) is 4.98 Å². The Morgan fingerprint density at radius 2 is 2.13 bits per heavy atom. The van der Waals surface area contributed by atoms with Gasteiger partial charge in [0.25, 0.3) is 0 Å². The Balaban J connectivity index is 2.53. The molecule has 0 fully saturated rings. The summed E-state index contributed by atoms with van der Waals surface area (Å²) in [5, 5.41) is 0. The molecule has 2 heterocycles. The highest BCUT2D eigenvalue weighted by molar-refractivity contribution is 5.80. The zero-order valence-corrected chi connectivity index (χ0v) is 8.18. The van der Waals surface area contributed by atoms with E-state index in [1.807, 2.05) is 23.5 Å². The summed E-state index contributed by atoms with van der Waals surface area (Å²) in [5.41, 5.74) is 8.59. The van der Waals surface area contributed by atoms with Crippen LogP contribution in [0, 0.1) is 6.92 Å². The van der Waals surface area contributed by atoms with Gasteiger partial charge in [-0.15, -0.1) is 0 Å². The van der Waals surface area contributed by atoms with Crippen molar-refractivity contribution in [3.05, 3.63) is 30.1 Å². The fourth-order valence-corrected chi connectivity index (χ4v) is 1.63.